The summed E-state index contributed by atoms with van der Waals surface area (Å²) < 4.78 is 0. The number of hydrogen-bond donors (Lipinski definition) is 0. The monoisotopic (exact) mass is 253 g/mol. The second-order valence-electron chi connectivity index (χ2n) is 3.84. The molecule has 0 aliphatic carbocycles. The number of nitrogens with zero attached hydrogens (tertiary/aromatic N) is 1. The molecule has 16 heavy (non-hydrogen) atoms. The van der Waals surface area contributed by atoms with E-state index in [0.29, 0.717) is 5.92 Å². The molecule has 0 saturated carbocycles. The van der Waals surface area contributed by atoms with Crippen molar-refractivity contribution >= 4 is 23.4 Å². The van der Waals surface area contributed by atoms with E-state index in [1.54, 1.807) is 0 Å². The quantitative estimate of drug-likeness (QED) is 0.559. The molecule has 0 bridgehead atoms. The van der Waals surface area contributed by atoms with Crippen molar-refractivity contribution in [1.29, 1.82) is 5.26 Å². The number of hydrogen-bond acceptors (Lipinski definition) is 2. The maximum Gasteiger partial charge on any atom is 0.133 e. The average Bonchev–Trinajstić information content (AvgIpc) is 2.29. The summed E-state index contributed by atoms with van der Waals surface area (Å²) in [6.45, 7) is 4.22. The van der Waals surface area contributed by atoms with Crippen LogP contribution in [-0.2, 0) is 0 Å². The first-order valence-electron chi connectivity index (χ1n) is 5.46. The average molecular weight is 254 g/mol. The molecule has 1 nitrogen and oxygen atoms in total. The van der Waals surface area contributed by atoms with E-state index >= 15 is 0 Å². The minimum Gasteiger partial charge on any atom is -0.185 e. The minimum atomic E-state index is 0.539. The topological polar surface area (TPSA) is 23.8 Å². The first-order chi connectivity index (χ1) is 7.69. The molecule has 0 aliphatic heterocycles. The van der Waals surface area contributed by atoms with Crippen LogP contribution < -0.4 is 0 Å². The number of aryl methyl sites for hydroxylation is 1. The molecule has 1 unspecified atom stereocenters. The zero-order valence-electron chi connectivity index (χ0n) is 9.66. The van der Waals surface area contributed by atoms with Crippen molar-refractivity contribution in [3.05, 3.63) is 34.3 Å². The lowest BCUT2D eigenvalue weighted by Gasteiger charge is -2.15. The molecule has 86 valence electrons. The summed E-state index contributed by atoms with van der Waals surface area (Å²) in [5.74, 6) is 1.44. The van der Waals surface area contributed by atoms with Crippen molar-refractivity contribution in [2.45, 2.75) is 32.6 Å². The maximum absolute atomic E-state index is 8.50. The predicted molar refractivity (Wildman–Crippen MR) is 71.9 cm³/mol. The lowest BCUT2D eigenvalue weighted by Crippen LogP contribution is -1.99. The molecule has 0 amide bonds. The van der Waals surface area contributed by atoms with Crippen LogP contribution in [0.5, 0.6) is 0 Å². The Morgan fingerprint density at radius 3 is 2.81 bits per heavy atom. The van der Waals surface area contributed by atoms with Crippen LogP contribution >= 0.6 is 23.4 Å². The third kappa shape index (κ3) is 3.73. The SMILES string of the molecule is CCC(CCSC#N)c1ccc(Cl)c(C)c1. The fourth-order valence-electron chi connectivity index (χ4n) is 1.78. The predicted octanol–water partition coefficient (Wildman–Crippen LogP) is 4.75. The molecular weight excluding hydrogens is 238 g/mol. The third-order valence-electron chi connectivity index (χ3n) is 2.78. The van der Waals surface area contributed by atoms with Crippen LogP contribution in [0.3, 0.4) is 0 Å². The number of benzene rings is 1. The van der Waals surface area contributed by atoms with Crippen LogP contribution in [0.4, 0.5) is 0 Å². The summed E-state index contributed by atoms with van der Waals surface area (Å²) >= 11 is 7.34. The second kappa shape index (κ2) is 6.83. The van der Waals surface area contributed by atoms with Crippen molar-refractivity contribution in [3.63, 3.8) is 0 Å². The fourth-order valence-corrected chi connectivity index (χ4v) is 2.39. The zero-order chi connectivity index (χ0) is 12.0. The number of nitriles is 1. The molecule has 0 saturated heterocycles. The van der Waals surface area contributed by atoms with Gasteiger partial charge in [0, 0.05) is 10.8 Å². The lowest BCUT2D eigenvalue weighted by atomic mass is 9.93. The van der Waals surface area contributed by atoms with Gasteiger partial charge in [-0.05, 0) is 54.6 Å². The van der Waals surface area contributed by atoms with E-state index in [-0.39, 0.29) is 0 Å². The maximum atomic E-state index is 8.50. The van der Waals surface area contributed by atoms with Crippen molar-refractivity contribution in [3.8, 4) is 5.40 Å². The van der Waals surface area contributed by atoms with E-state index in [2.05, 4.69) is 24.5 Å². The summed E-state index contributed by atoms with van der Waals surface area (Å²) in [7, 11) is 0. The molecule has 0 spiro atoms. The van der Waals surface area contributed by atoms with Crippen LogP contribution in [-0.4, -0.2) is 5.75 Å². The first-order valence-corrected chi connectivity index (χ1v) is 6.82. The first kappa shape index (κ1) is 13.4. The summed E-state index contributed by atoms with van der Waals surface area (Å²) in [4.78, 5) is 0. The highest BCUT2D eigenvalue weighted by Gasteiger charge is 2.10. The van der Waals surface area contributed by atoms with Gasteiger partial charge in [0.25, 0.3) is 0 Å². The fraction of sp³-hybridized carbons (Fsp3) is 0.462. The normalized spacial score (nSPS) is 12.1. The molecule has 0 N–H and O–H groups in total. The van der Waals surface area contributed by atoms with Crippen molar-refractivity contribution < 1.29 is 0 Å². The highest BCUT2D eigenvalue weighted by Crippen LogP contribution is 2.27. The van der Waals surface area contributed by atoms with Gasteiger partial charge in [-0.2, -0.15) is 5.26 Å². The Hall–Kier alpha value is -0.650. The van der Waals surface area contributed by atoms with E-state index < -0.39 is 0 Å². The lowest BCUT2D eigenvalue weighted by molar-refractivity contribution is 0.647. The molecule has 0 fully saturated rings. The van der Waals surface area contributed by atoms with E-state index in [0.717, 1.165) is 29.2 Å². The van der Waals surface area contributed by atoms with Gasteiger partial charge in [0.15, 0.2) is 0 Å². The number of thioether (sulfide) groups is 1. The van der Waals surface area contributed by atoms with Crippen molar-refractivity contribution in [1.82, 2.24) is 0 Å². The summed E-state index contributed by atoms with van der Waals surface area (Å²) in [5.41, 5.74) is 2.47. The molecule has 0 heterocycles. The summed E-state index contributed by atoms with van der Waals surface area (Å²) in [6.07, 6.45) is 2.16. The van der Waals surface area contributed by atoms with E-state index in [1.807, 2.05) is 13.0 Å². The van der Waals surface area contributed by atoms with Gasteiger partial charge in [-0.3, -0.25) is 0 Å². The van der Waals surface area contributed by atoms with Crippen LogP contribution in [0, 0.1) is 17.6 Å². The Balaban J connectivity index is 2.71. The van der Waals surface area contributed by atoms with Crippen LogP contribution in [0.2, 0.25) is 5.02 Å². The number of halogens is 1. The molecule has 0 aromatic heterocycles. The molecule has 1 aromatic rings. The Labute approximate surface area is 107 Å². The highest BCUT2D eigenvalue weighted by atomic mass is 35.5. The number of rotatable bonds is 5. The largest absolute Gasteiger partial charge is 0.185 e. The van der Waals surface area contributed by atoms with Gasteiger partial charge in [0.05, 0.1) is 0 Å². The summed E-state index contributed by atoms with van der Waals surface area (Å²) in [6, 6.07) is 6.22. The van der Waals surface area contributed by atoms with Gasteiger partial charge in [0.1, 0.15) is 5.40 Å². The smallest absolute Gasteiger partial charge is 0.133 e. The molecule has 0 radical (unpaired) electrons. The second-order valence-corrected chi connectivity index (χ2v) is 5.13. The minimum absolute atomic E-state index is 0.539. The van der Waals surface area contributed by atoms with Crippen LogP contribution in [0.1, 0.15) is 36.8 Å². The van der Waals surface area contributed by atoms with Gasteiger partial charge in [-0.15, -0.1) is 0 Å². The third-order valence-corrected chi connectivity index (χ3v) is 3.77. The molecule has 1 atom stereocenters. The number of thiocyanates is 1. The van der Waals surface area contributed by atoms with Crippen LogP contribution in [0.15, 0.2) is 18.2 Å². The molecular formula is C13H16ClNS. The van der Waals surface area contributed by atoms with E-state index in [1.165, 1.54) is 17.3 Å². The standard InChI is InChI=1S/C13H16ClNS/c1-3-11(6-7-16-9-15)12-4-5-13(14)10(2)8-12/h4-5,8,11H,3,6-7H2,1-2H3. The van der Waals surface area contributed by atoms with E-state index in [9.17, 15) is 0 Å². The van der Waals surface area contributed by atoms with Gasteiger partial charge < -0.3 is 0 Å². The summed E-state index contributed by atoms with van der Waals surface area (Å²) in [5, 5.41) is 11.4. The Morgan fingerprint density at radius 2 is 2.25 bits per heavy atom. The van der Waals surface area contributed by atoms with Gasteiger partial charge in [0.2, 0.25) is 0 Å². The Morgan fingerprint density at radius 1 is 1.50 bits per heavy atom. The van der Waals surface area contributed by atoms with Gasteiger partial charge in [-0.25, -0.2) is 0 Å². The molecule has 3 heteroatoms. The van der Waals surface area contributed by atoms with E-state index in [4.69, 9.17) is 16.9 Å². The van der Waals surface area contributed by atoms with Gasteiger partial charge >= 0.3 is 0 Å². The Kier molecular flexibility index (Phi) is 5.73. The molecule has 1 rings (SSSR count). The molecule has 1 aromatic carbocycles. The Bertz CT molecular complexity index is 384. The van der Waals surface area contributed by atoms with Gasteiger partial charge in [-0.1, -0.05) is 30.7 Å². The van der Waals surface area contributed by atoms with Crippen molar-refractivity contribution in [2.24, 2.45) is 0 Å². The van der Waals surface area contributed by atoms with Crippen LogP contribution in [0.25, 0.3) is 0 Å². The van der Waals surface area contributed by atoms with Crippen molar-refractivity contribution in [2.75, 3.05) is 5.75 Å². The zero-order valence-corrected chi connectivity index (χ0v) is 11.2. The highest BCUT2D eigenvalue weighted by molar-refractivity contribution is 8.03. The molecule has 0 aliphatic rings.